The van der Waals surface area contributed by atoms with E-state index in [2.05, 4.69) is 15.6 Å². The molecule has 0 atom stereocenters. The lowest BCUT2D eigenvalue weighted by Gasteiger charge is -2.29. The van der Waals surface area contributed by atoms with E-state index in [9.17, 15) is 54.6 Å². The fraction of sp³-hybridized carbons (Fsp3) is 0.467. The Bertz CT molecular complexity index is 1440. The molecule has 11 nitrogen and oxygen atoms in total. The summed E-state index contributed by atoms with van der Waals surface area (Å²) in [6.45, 7) is 8.58. The summed E-state index contributed by atoms with van der Waals surface area (Å²) in [6, 6.07) is 4.23. The largest absolute Gasteiger partial charge is 0.595 e. The summed E-state index contributed by atoms with van der Waals surface area (Å²) in [5.41, 5.74) is 1.66. The molecule has 276 valence electrons. The van der Waals surface area contributed by atoms with Crippen molar-refractivity contribution in [1.82, 2.24) is 10.6 Å². The molecule has 0 saturated heterocycles. The van der Waals surface area contributed by atoms with Gasteiger partial charge in [-0.25, -0.2) is 13.6 Å². The third-order valence-corrected chi connectivity index (χ3v) is 4.82. The van der Waals surface area contributed by atoms with Gasteiger partial charge in [-0.15, -0.1) is 0 Å². The molecule has 2 rings (SSSR count). The molecule has 5 N–H and O–H groups in total. The number of carboxylic acids is 1. The summed E-state index contributed by atoms with van der Waals surface area (Å²) in [7, 11) is 0. The predicted molar refractivity (Wildman–Crippen MR) is 158 cm³/mol. The third-order valence-electron chi connectivity index (χ3n) is 4.82. The van der Waals surface area contributed by atoms with Gasteiger partial charge in [0.15, 0.2) is 0 Å². The zero-order valence-corrected chi connectivity index (χ0v) is 27.2. The highest BCUT2D eigenvalue weighted by atomic mass is 19.4. The van der Waals surface area contributed by atoms with Crippen LogP contribution in [0.5, 0.6) is 0 Å². The van der Waals surface area contributed by atoms with Gasteiger partial charge in [0.1, 0.15) is 36.4 Å². The highest BCUT2D eigenvalue weighted by Crippen LogP contribution is 2.31. The maximum Gasteiger partial charge on any atom is 0.416 e. The molecular weight excluding hydrogens is 680 g/mol. The topological polar surface area (TPSA) is 175 Å². The van der Waals surface area contributed by atoms with E-state index < -0.39 is 83.5 Å². The predicted octanol–water partition coefficient (Wildman–Crippen LogP) is 4.89. The maximum absolute atomic E-state index is 13.2. The van der Waals surface area contributed by atoms with Crippen LogP contribution in [-0.4, -0.2) is 53.5 Å². The molecule has 0 aliphatic carbocycles. The molecule has 49 heavy (non-hydrogen) atoms. The van der Waals surface area contributed by atoms with Crippen LogP contribution in [0.15, 0.2) is 41.4 Å². The Morgan fingerprint density at radius 2 is 1.22 bits per heavy atom. The van der Waals surface area contributed by atoms with Crippen LogP contribution in [0, 0.1) is 11.6 Å². The second kappa shape index (κ2) is 18.8. The molecule has 0 aliphatic rings. The van der Waals surface area contributed by atoms with E-state index in [1.54, 1.807) is 41.5 Å². The summed E-state index contributed by atoms with van der Waals surface area (Å²) >= 11 is 0. The monoisotopic (exact) mass is 717 g/mol. The first-order valence-electron chi connectivity index (χ1n) is 13.9. The molecule has 2 aromatic rings. The highest BCUT2D eigenvalue weighted by molar-refractivity contribution is 5.80. The van der Waals surface area contributed by atoms with Crippen LogP contribution < -0.4 is 21.5 Å². The fourth-order valence-corrected chi connectivity index (χ4v) is 3.00. The van der Waals surface area contributed by atoms with Gasteiger partial charge in [0.2, 0.25) is 5.91 Å². The van der Waals surface area contributed by atoms with E-state index in [4.69, 9.17) is 20.3 Å². The maximum atomic E-state index is 13.2. The second-order valence-electron chi connectivity index (χ2n) is 11.7. The number of nitrogens with one attached hydrogen (secondary N) is 2. The van der Waals surface area contributed by atoms with E-state index in [1.807, 2.05) is 0 Å². The van der Waals surface area contributed by atoms with Gasteiger partial charge in [-0.2, -0.15) is 26.3 Å². The van der Waals surface area contributed by atoms with Crippen molar-refractivity contribution >= 4 is 24.1 Å². The van der Waals surface area contributed by atoms with Gasteiger partial charge in [-0.1, -0.05) is 20.8 Å². The first-order valence-corrected chi connectivity index (χ1v) is 13.9. The molecule has 2 amide bonds. The van der Waals surface area contributed by atoms with Gasteiger partial charge in [-0.05, 0) is 68.3 Å². The van der Waals surface area contributed by atoms with E-state index >= 15 is 0 Å². The Hall–Kier alpha value is -4.68. The molecule has 2 aromatic carbocycles. The molecule has 19 heteroatoms. The molecule has 0 aromatic heterocycles. The van der Waals surface area contributed by atoms with E-state index in [0.29, 0.717) is 12.1 Å². The molecule has 0 fully saturated rings. The van der Waals surface area contributed by atoms with Crippen LogP contribution in [-0.2, 0) is 44.5 Å². The van der Waals surface area contributed by atoms with Crippen molar-refractivity contribution in [1.29, 1.82) is 0 Å². The van der Waals surface area contributed by atoms with Crippen molar-refractivity contribution in [2.24, 2.45) is 10.7 Å². The average molecular weight is 718 g/mol. The van der Waals surface area contributed by atoms with E-state index in [-0.39, 0.29) is 24.2 Å². The lowest BCUT2D eigenvalue weighted by atomic mass is 10.1. The molecule has 0 unspecified atom stereocenters. The van der Waals surface area contributed by atoms with Crippen molar-refractivity contribution in [3.05, 3.63) is 70.3 Å². The van der Waals surface area contributed by atoms with Gasteiger partial charge in [-0.3, -0.25) is 14.6 Å². The number of halogens is 8. The van der Waals surface area contributed by atoms with Gasteiger partial charge >= 0.3 is 24.4 Å². The van der Waals surface area contributed by atoms with Crippen LogP contribution in [0.3, 0.4) is 0 Å². The minimum Gasteiger partial charge on any atom is -0.595 e. The second-order valence-corrected chi connectivity index (χ2v) is 11.7. The summed E-state index contributed by atoms with van der Waals surface area (Å²) in [4.78, 5) is 35.7. The summed E-state index contributed by atoms with van der Waals surface area (Å²) in [5.74, 6) is -3.79. The molecule has 0 radical (unpaired) electrons. The number of hydrogen-bond acceptors (Lipinski definition) is 8. The number of alkyl carbamates (subject to hydrolysis) is 1. The van der Waals surface area contributed by atoms with Crippen LogP contribution in [0.1, 0.15) is 63.8 Å². The fourth-order valence-electron chi connectivity index (χ4n) is 3.00. The number of nitrogens with two attached hydrogens (primary N) is 1. The zero-order valence-electron chi connectivity index (χ0n) is 27.2. The number of benzene rings is 2. The van der Waals surface area contributed by atoms with E-state index in [0.717, 1.165) is 24.3 Å². The number of carbonyl (C=O) groups excluding carboxylic acids is 2. The van der Waals surface area contributed by atoms with Crippen LogP contribution in [0.25, 0.3) is 0 Å². The molecule has 0 spiro atoms. The van der Waals surface area contributed by atoms with Gasteiger partial charge < -0.3 is 36.1 Å². The molecule has 0 aliphatic heterocycles. The number of amides is 2. The Labute approximate surface area is 276 Å². The van der Waals surface area contributed by atoms with Crippen molar-refractivity contribution in [3.63, 3.8) is 0 Å². The SMILES string of the molecule is CC(C)(C)OC(=O)NCC(=O)O.CC(C)(C)OC([O-])=NCC(=O)NCc1cc(F)cc(C(F)(F)F)c1.NCc1cc(F)cc(C(F)(F)F)c1. The minimum absolute atomic E-state index is 0.0621. The molecule has 0 bridgehead atoms. The number of aliphatic imine (C=N–C) groups is 1. The van der Waals surface area contributed by atoms with Gasteiger partial charge in [0.05, 0.1) is 11.1 Å². The minimum atomic E-state index is -4.69. The van der Waals surface area contributed by atoms with Crippen LogP contribution >= 0.6 is 0 Å². The Kier molecular flexibility index (Phi) is 17.0. The van der Waals surface area contributed by atoms with Crippen molar-refractivity contribution < 1.29 is 69.2 Å². The number of rotatable bonds is 7. The Morgan fingerprint density at radius 3 is 1.63 bits per heavy atom. The smallest absolute Gasteiger partial charge is 0.416 e. The standard InChI is InChI=1S/C15H18F4N2O3.C8H7F4N.C7H13NO4/c1-14(2,3)24-13(23)21-8-12(22)20-7-9-4-10(15(17,18)19)6-11(16)5-9;9-7-2-5(4-13)1-6(3-7)8(10,11)12;1-7(2,3)12-6(11)8-4-5(9)10/h4-6H,7-8H2,1-3H3,(H,20,22)(H,21,23);1-3H,4,13H2;4H2,1-3H3,(H,8,11)(H,9,10)/p-1. The number of ether oxygens (including phenoxy) is 2. The number of hydrogen-bond donors (Lipinski definition) is 4. The van der Waals surface area contributed by atoms with Crippen LogP contribution in [0.2, 0.25) is 0 Å². The quantitative estimate of drug-likeness (QED) is 0.178. The highest BCUT2D eigenvalue weighted by Gasteiger charge is 2.32. The number of aliphatic carboxylic acids is 1. The Morgan fingerprint density at radius 1 is 0.776 bits per heavy atom. The Balaban J connectivity index is 0.000000777. The molecule has 0 heterocycles. The van der Waals surface area contributed by atoms with Crippen molar-refractivity contribution in [2.45, 2.75) is 78.2 Å². The lowest BCUT2D eigenvalue weighted by molar-refractivity contribution is -0.260. The normalized spacial score (nSPS) is 12.0. The third kappa shape index (κ3) is 21.7. The number of nitrogens with zero attached hydrogens (tertiary/aromatic N) is 1. The zero-order chi connectivity index (χ0) is 38.4. The molecule has 0 saturated carbocycles. The van der Waals surface area contributed by atoms with Gasteiger partial charge in [0.25, 0.3) is 0 Å². The summed E-state index contributed by atoms with van der Waals surface area (Å²) in [6.07, 6.45) is -10.9. The lowest BCUT2D eigenvalue weighted by Crippen LogP contribution is -2.35. The number of carbonyl (C=O) groups is 3. The first-order chi connectivity index (χ1) is 22.1. The van der Waals surface area contributed by atoms with Gasteiger partial charge in [0, 0.05) is 18.7 Å². The first kappa shape index (κ1) is 44.3. The van der Waals surface area contributed by atoms with Crippen molar-refractivity contribution in [3.8, 4) is 0 Å². The summed E-state index contributed by atoms with van der Waals surface area (Å²) < 4.78 is 109. The average Bonchev–Trinajstić information content (AvgIpc) is 2.91. The van der Waals surface area contributed by atoms with E-state index in [1.165, 1.54) is 0 Å². The summed E-state index contributed by atoms with van der Waals surface area (Å²) in [5, 5.41) is 23.8. The molecular formula is C30H37F8N4O7-. The number of carboxylic acid groups (broad SMARTS) is 1. The number of alkyl halides is 6. The van der Waals surface area contributed by atoms with Crippen molar-refractivity contribution in [2.75, 3.05) is 13.1 Å². The van der Waals surface area contributed by atoms with Crippen LogP contribution in [0.4, 0.5) is 39.9 Å².